The molecule has 6 rings (SSSR count). The third-order valence-corrected chi connectivity index (χ3v) is 8.02. The molecule has 6 heteroatoms. The van der Waals surface area contributed by atoms with Gasteiger partial charge in [0.25, 0.3) is 5.56 Å². The van der Waals surface area contributed by atoms with Gasteiger partial charge >= 0.3 is 0 Å². The molecule has 0 N–H and O–H groups in total. The number of benzene rings is 1. The highest BCUT2D eigenvalue weighted by atomic mass is 16.2. The Morgan fingerprint density at radius 3 is 2.97 bits per heavy atom. The van der Waals surface area contributed by atoms with E-state index < -0.39 is 0 Å². The van der Waals surface area contributed by atoms with Crippen molar-refractivity contribution in [3.63, 3.8) is 0 Å². The van der Waals surface area contributed by atoms with Gasteiger partial charge in [-0.05, 0) is 56.6 Å². The number of likely N-dealkylation sites (tertiary alicyclic amines) is 1. The molecule has 2 bridgehead atoms. The van der Waals surface area contributed by atoms with Gasteiger partial charge in [-0.15, -0.1) is 0 Å². The number of nitrogens with zero attached hydrogens (tertiary/aromatic N) is 4. The minimum Gasteiger partial charge on any atom is -0.334 e. The third-order valence-electron chi connectivity index (χ3n) is 8.02. The van der Waals surface area contributed by atoms with Crippen molar-refractivity contribution in [2.24, 2.45) is 11.8 Å². The summed E-state index contributed by atoms with van der Waals surface area (Å²) >= 11 is 0. The second-order valence-electron chi connectivity index (χ2n) is 9.79. The summed E-state index contributed by atoms with van der Waals surface area (Å²) in [6, 6.07) is 8.36. The first-order valence-electron chi connectivity index (χ1n) is 11.9. The molecule has 1 aromatic carbocycles. The molecule has 1 aromatic heterocycles. The molecule has 0 unspecified atom stereocenters. The first-order valence-corrected chi connectivity index (χ1v) is 11.9. The Morgan fingerprint density at radius 2 is 2.03 bits per heavy atom. The number of hydrogen-bond acceptors (Lipinski definition) is 4. The summed E-state index contributed by atoms with van der Waals surface area (Å²) in [6.07, 6.45) is 11.5. The van der Waals surface area contributed by atoms with Gasteiger partial charge in [-0.1, -0.05) is 36.3 Å². The van der Waals surface area contributed by atoms with E-state index in [0.717, 1.165) is 31.3 Å². The van der Waals surface area contributed by atoms with Crippen molar-refractivity contribution in [2.45, 2.75) is 57.2 Å². The Morgan fingerprint density at radius 1 is 1.13 bits per heavy atom. The van der Waals surface area contributed by atoms with Crippen LogP contribution < -0.4 is 5.56 Å². The zero-order valence-electron chi connectivity index (χ0n) is 17.9. The number of carbonyl (C=O) groups is 1. The van der Waals surface area contributed by atoms with Crippen LogP contribution in [-0.2, 0) is 11.3 Å². The molecule has 0 spiro atoms. The summed E-state index contributed by atoms with van der Waals surface area (Å²) in [7, 11) is 0. The molecule has 3 aliphatic heterocycles. The number of rotatable bonds is 2. The molecule has 1 aliphatic carbocycles. The van der Waals surface area contributed by atoms with Crippen molar-refractivity contribution in [3.05, 3.63) is 52.5 Å². The Hall–Kier alpha value is -2.47. The number of amides is 1. The minimum atomic E-state index is -0.184. The highest BCUT2D eigenvalue weighted by molar-refractivity contribution is 5.81. The van der Waals surface area contributed by atoms with Gasteiger partial charge in [0.2, 0.25) is 5.91 Å². The van der Waals surface area contributed by atoms with Crippen molar-refractivity contribution < 1.29 is 4.79 Å². The molecule has 4 atom stereocenters. The first kappa shape index (κ1) is 19.2. The second-order valence-corrected chi connectivity index (χ2v) is 9.79. The highest BCUT2D eigenvalue weighted by Crippen LogP contribution is 2.45. The van der Waals surface area contributed by atoms with E-state index in [1.54, 1.807) is 12.3 Å². The van der Waals surface area contributed by atoms with E-state index in [-0.39, 0.29) is 24.1 Å². The lowest BCUT2D eigenvalue weighted by atomic mass is 9.68. The van der Waals surface area contributed by atoms with Crippen LogP contribution in [0.25, 0.3) is 10.8 Å². The van der Waals surface area contributed by atoms with Gasteiger partial charge < -0.3 is 4.90 Å². The van der Waals surface area contributed by atoms with Crippen LogP contribution in [0.15, 0.2) is 46.9 Å². The molecule has 4 aliphatic rings. The summed E-state index contributed by atoms with van der Waals surface area (Å²) in [5.74, 6) is 1.20. The fourth-order valence-corrected chi connectivity index (χ4v) is 6.71. The van der Waals surface area contributed by atoms with Gasteiger partial charge in [0.1, 0.15) is 6.54 Å². The predicted molar refractivity (Wildman–Crippen MR) is 120 cm³/mol. The van der Waals surface area contributed by atoms with Gasteiger partial charge in [-0.25, -0.2) is 4.68 Å². The number of aromatic nitrogens is 2. The molecular formula is C25H30N4O2. The number of carbonyl (C=O) groups excluding carboxylic acids is 1. The molecular weight excluding hydrogens is 388 g/mol. The average Bonchev–Trinajstić information content (AvgIpc) is 2.81. The van der Waals surface area contributed by atoms with Crippen molar-refractivity contribution in [1.82, 2.24) is 19.6 Å². The Labute approximate surface area is 182 Å². The van der Waals surface area contributed by atoms with Crippen LogP contribution >= 0.6 is 0 Å². The van der Waals surface area contributed by atoms with Gasteiger partial charge in [0.15, 0.2) is 0 Å². The Bertz CT molecular complexity index is 1110. The third kappa shape index (κ3) is 3.23. The van der Waals surface area contributed by atoms with Crippen LogP contribution in [0.2, 0.25) is 0 Å². The van der Waals surface area contributed by atoms with Gasteiger partial charge in [-0.2, -0.15) is 5.10 Å². The topological polar surface area (TPSA) is 58.4 Å². The minimum absolute atomic E-state index is 0.0237. The van der Waals surface area contributed by atoms with Crippen LogP contribution in [0.5, 0.6) is 0 Å². The number of hydrogen-bond donors (Lipinski definition) is 0. The van der Waals surface area contributed by atoms with Crippen molar-refractivity contribution in [3.8, 4) is 0 Å². The van der Waals surface area contributed by atoms with Crippen LogP contribution in [-0.4, -0.2) is 57.2 Å². The molecule has 31 heavy (non-hydrogen) atoms. The quantitative estimate of drug-likeness (QED) is 0.704. The number of fused-ring (bicyclic) bond motifs is 7. The maximum absolute atomic E-state index is 13.4. The molecule has 2 aromatic rings. The van der Waals surface area contributed by atoms with E-state index in [1.807, 2.05) is 18.2 Å². The predicted octanol–water partition coefficient (Wildman–Crippen LogP) is 2.82. The first-order chi connectivity index (χ1) is 15.2. The SMILES string of the molecule is O=C(Cn1ncc2ccccc2c1=O)N1CCCC2=C[C@H]3C[C@@H](CN4CCCC[C@@H]34)[C@@H]21. The largest absolute Gasteiger partial charge is 0.334 e. The van der Waals surface area contributed by atoms with Gasteiger partial charge in [-0.3, -0.25) is 14.5 Å². The molecule has 0 radical (unpaired) electrons. The molecule has 3 fully saturated rings. The van der Waals surface area contributed by atoms with E-state index in [2.05, 4.69) is 21.0 Å². The number of piperidine rings is 3. The molecule has 6 nitrogen and oxygen atoms in total. The fraction of sp³-hybridized carbons (Fsp3) is 0.560. The molecule has 1 amide bonds. The molecule has 0 saturated carbocycles. The van der Waals surface area contributed by atoms with Crippen LogP contribution in [0.3, 0.4) is 0 Å². The maximum atomic E-state index is 13.4. The zero-order chi connectivity index (χ0) is 20.9. The van der Waals surface area contributed by atoms with E-state index >= 15 is 0 Å². The Balaban J connectivity index is 1.28. The van der Waals surface area contributed by atoms with Crippen LogP contribution in [0, 0.1) is 11.8 Å². The summed E-state index contributed by atoms with van der Waals surface area (Å²) in [4.78, 5) is 31.1. The smallest absolute Gasteiger partial charge is 0.275 e. The van der Waals surface area contributed by atoms with Gasteiger partial charge in [0, 0.05) is 24.5 Å². The standard InChI is InChI=1S/C25H30N4O2/c30-23(16-29-25(31)21-8-2-1-6-18(21)14-26-29)28-11-5-7-17-12-19-13-20(24(17)28)15-27-10-4-3-9-22(19)27/h1-2,6,8,12,14,19-20,22,24H,3-5,7,9-11,13,15-16H2/t19-,20-,22-,24+/m0/s1. The summed E-state index contributed by atoms with van der Waals surface area (Å²) in [5.41, 5.74) is 1.29. The monoisotopic (exact) mass is 418 g/mol. The lowest BCUT2D eigenvalue weighted by molar-refractivity contribution is -0.137. The highest BCUT2D eigenvalue weighted by Gasteiger charge is 2.46. The molecule has 162 valence electrons. The summed E-state index contributed by atoms with van der Waals surface area (Å²) < 4.78 is 1.34. The second kappa shape index (κ2) is 7.59. The lowest BCUT2D eigenvalue weighted by Crippen LogP contribution is -2.60. The van der Waals surface area contributed by atoms with E-state index in [0.29, 0.717) is 23.3 Å². The summed E-state index contributed by atoms with van der Waals surface area (Å²) in [5, 5.41) is 5.73. The van der Waals surface area contributed by atoms with Crippen LogP contribution in [0.4, 0.5) is 0 Å². The van der Waals surface area contributed by atoms with Crippen molar-refractivity contribution in [1.29, 1.82) is 0 Å². The van der Waals surface area contributed by atoms with E-state index in [9.17, 15) is 9.59 Å². The Kier molecular flexibility index (Phi) is 4.71. The molecule has 4 heterocycles. The zero-order valence-corrected chi connectivity index (χ0v) is 17.9. The maximum Gasteiger partial charge on any atom is 0.275 e. The van der Waals surface area contributed by atoms with Gasteiger partial charge in [0.05, 0.1) is 17.6 Å². The lowest BCUT2D eigenvalue weighted by Gasteiger charge is -2.54. The van der Waals surface area contributed by atoms with Crippen LogP contribution in [0.1, 0.15) is 38.5 Å². The fourth-order valence-electron chi connectivity index (χ4n) is 6.71. The van der Waals surface area contributed by atoms with E-state index in [1.165, 1.54) is 42.5 Å². The van der Waals surface area contributed by atoms with Crippen molar-refractivity contribution in [2.75, 3.05) is 19.6 Å². The average molecular weight is 419 g/mol. The molecule has 3 saturated heterocycles. The van der Waals surface area contributed by atoms with E-state index in [4.69, 9.17) is 0 Å². The normalized spacial score (nSPS) is 30.5. The summed E-state index contributed by atoms with van der Waals surface area (Å²) in [6.45, 7) is 3.13. The van der Waals surface area contributed by atoms with Crippen molar-refractivity contribution >= 4 is 16.7 Å².